The van der Waals surface area contributed by atoms with Crippen LogP contribution in [0.15, 0.2) is 36.4 Å². The van der Waals surface area contributed by atoms with Crippen LogP contribution in [0.25, 0.3) is 0 Å². The first-order valence-corrected chi connectivity index (χ1v) is 14.7. The average Bonchev–Trinajstić information content (AvgIpc) is 3.46. The largest absolute Gasteiger partial charge is 0.400 e. The van der Waals surface area contributed by atoms with E-state index in [9.17, 15) is 23.5 Å². The molecule has 0 bridgehead atoms. The van der Waals surface area contributed by atoms with Crippen LogP contribution < -0.4 is 5.32 Å². The maximum absolute atomic E-state index is 12.2. The lowest BCUT2D eigenvalue weighted by atomic mass is 10.1. The normalized spacial score (nSPS) is 12.7. The summed E-state index contributed by atoms with van der Waals surface area (Å²) in [6, 6.07) is 8.43. The Morgan fingerprint density at radius 1 is 0.977 bits per heavy atom. The highest BCUT2D eigenvalue weighted by molar-refractivity contribution is 5.96. The Hall–Kier alpha value is -2.76. The monoisotopic (exact) mass is 611 g/mol. The van der Waals surface area contributed by atoms with Crippen molar-refractivity contribution in [3.8, 4) is 0 Å². The van der Waals surface area contributed by atoms with Crippen LogP contribution in [0.5, 0.6) is 0 Å². The van der Waals surface area contributed by atoms with E-state index in [1.165, 1.54) is 50.9 Å². The minimum Gasteiger partial charge on any atom is -0.400 e. The van der Waals surface area contributed by atoms with Gasteiger partial charge < -0.3 is 30.1 Å². The topological polar surface area (TPSA) is 102 Å². The number of carbonyl (C=O) groups is 2. The summed E-state index contributed by atoms with van der Waals surface area (Å²) in [5.74, 6) is -1.30. The number of amides is 1. The van der Waals surface area contributed by atoms with Crippen LogP contribution in [0.1, 0.15) is 71.4 Å². The number of carbonyl (C=O) groups excluding carboxylic acids is 2. The number of ether oxygens (including phenoxy) is 1. The van der Waals surface area contributed by atoms with E-state index in [1.54, 1.807) is 39.3 Å². The van der Waals surface area contributed by atoms with Gasteiger partial charge in [-0.1, -0.05) is 13.8 Å². The number of aldehydes is 1. The number of aryl methyl sites for hydroxylation is 2. The standard InChI is InChI=1S/C16H22N2O3.C7H6F2.C7H17N.C2H6O.CH4O/c1-12-6-13(11-19)8-14(7-12)16(21)17-9-15(20)10-18-4-2-3-5-18;1-5-2-6(8)4-7(9)3-5;1-4-6-8(3)7-5-2;1-3-2;1-2/h6-8,11,15,20H,2-5,9-10H2,1H3,(H,17,21);2-4H,1H3;4-7H2,1-3H3;1-2H3;2H,1H3. The molecule has 1 heterocycles. The molecule has 0 radical (unpaired) electrons. The predicted molar refractivity (Wildman–Crippen MR) is 171 cm³/mol. The summed E-state index contributed by atoms with van der Waals surface area (Å²) in [7, 11) is 6.42. The maximum Gasteiger partial charge on any atom is 0.251 e. The number of nitrogens with zero attached hydrogens (tertiary/aromatic N) is 2. The number of benzene rings is 2. The Morgan fingerprint density at radius 3 is 1.91 bits per heavy atom. The number of methoxy groups -OCH3 is 1. The lowest BCUT2D eigenvalue weighted by Crippen LogP contribution is -2.39. The van der Waals surface area contributed by atoms with Gasteiger partial charge >= 0.3 is 0 Å². The van der Waals surface area contributed by atoms with Crippen molar-refractivity contribution in [2.24, 2.45) is 0 Å². The smallest absolute Gasteiger partial charge is 0.251 e. The lowest BCUT2D eigenvalue weighted by Gasteiger charge is -2.19. The van der Waals surface area contributed by atoms with Crippen molar-refractivity contribution in [2.75, 3.05) is 67.6 Å². The van der Waals surface area contributed by atoms with Gasteiger partial charge in [-0.15, -0.1) is 0 Å². The van der Waals surface area contributed by atoms with Crippen molar-refractivity contribution in [3.63, 3.8) is 0 Å². The van der Waals surface area contributed by atoms with Crippen LogP contribution in [0.2, 0.25) is 0 Å². The van der Waals surface area contributed by atoms with Crippen molar-refractivity contribution in [1.29, 1.82) is 0 Å². The van der Waals surface area contributed by atoms with Gasteiger partial charge in [0.1, 0.15) is 17.9 Å². The molecule has 1 aliphatic heterocycles. The molecule has 3 N–H and O–H groups in total. The van der Waals surface area contributed by atoms with Crippen LogP contribution in [0.4, 0.5) is 8.78 Å². The van der Waals surface area contributed by atoms with E-state index in [2.05, 4.69) is 40.7 Å². The number of hydrogen-bond acceptors (Lipinski definition) is 7. The summed E-state index contributed by atoms with van der Waals surface area (Å²) in [5.41, 5.74) is 2.40. The zero-order chi connectivity index (χ0) is 33.2. The van der Waals surface area contributed by atoms with Crippen LogP contribution in [0, 0.1) is 25.5 Å². The number of β-amino-alcohol motifs (C(OH)–C–C–N with tert-alkyl or cyclic N) is 1. The summed E-state index contributed by atoms with van der Waals surface area (Å²) in [6.07, 6.45) is 5.06. The second-order valence-electron chi connectivity index (χ2n) is 10.3. The van der Waals surface area contributed by atoms with Crippen molar-refractivity contribution in [1.82, 2.24) is 15.1 Å². The van der Waals surface area contributed by atoms with Crippen molar-refractivity contribution >= 4 is 12.2 Å². The number of rotatable bonds is 10. The van der Waals surface area contributed by atoms with Crippen molar-refractivity contribution in [2.45, 2.75) is 59.5 Å². The number of aliphatic hydroxyl groups excluding tert-OH is 2. The molecule has 1 saturated heterocycles. The summed E-state index contributed by atoms with van der Waals surface area (Å²) < 4.78 is 28.6. The zero-order valence-corrected chi connectivity index (χ0v) is 27.5. The SMILES string of the molecule is CCCN(C)CCC.CO.COC.Cc1cc(C=O)cc(C(=O)NCC(O)CN2CCCC2)c1.Cc1cc(F)cc(F)c1. The van der Waals surface area contributed by atoms with Gasteiger partial charge in [-0.25, -0.2) is 8.78 Å². The van der Waals surface area contributed by atoms with E-state index in [0.717, 1.165) is 38.1 Å². The molecule has 2 aromatic carbocycles. The molecule has 1 unspecified atom stereocenters. The molecule has 0 saturated carbocycles. The number of likely N-dealkylation sites (tertiary alicyclic amines) is 1. The summed E-state index contributed by atoms with van der Waals surface area (Å²) in [5, 5.41) is 19.7. The molecule has 0 aromatic heterocycles. The van der Waals surface area contributed by atoms with Crippen molar-refractivity contribution in [3.05, 3.63) is 70.3 Å². The molecule has 8 nitrogen and oxygen atoms in total. The third-order valence-corrected chi connectivity index (χ3v) is 5.88. The van der Waals surface area contributed by atoms with Crippen LogP contribution in [0.3, 0.4) is 0 Å². The van der Waals surface area contributed by atoms with Crippen LogP contribution >= 0.6 is 0 Å². The lowest BCUT2D eigenvalue weighted by molar-refractivity contribution is 0.0879. The number of halogens is 2. The first kappa shape index (κ1) is 42.4. The van der Waals surface area contributed by atoms with E-state index in [1.807, 2.05) is 6.92 Å². The highest BCUT2D eigenvalue weighted by Gasteiger charge is 2.16. The fourth-order valence-electron chi connectivity index (χ4n) is 4.22. The van der Waals surface area contributed by atoms with Gasteiger partial charge in [0.2, 0.25) is 0 Å². The highest BCUT2D eigenvalue weighted by Crippen LogP contribution is 2.10. The molecule has 1 aliphatic rings. The van der Waals surface area contributed by atoms with Gasteiger partial charge in [-0.2, -0.15) is 0 Å². The molecule has 10 heteroatoms. The fraction of sp³-hybridized carbons (Fsp3) is 0.576. The van der Waals surface area contributed by atoms with Gasteiger partial charge in [-0.05, 0) is 114 Å². The average molecular weight is 612 g/mol. The summed E-state index contributed by atoms with van der Waals surface area (Å²) in [4.78, 5) is 27.4. The molecule has 1 atom stereocenters. The highest BCUT2D eigenvalue weighted by atomic mass is 19.1. The quantitative estimate of drug-likeness (QED) is 0.329. The molecule has 0 aliphatic carbocycles. The second-order valence-corrected chi connectivity index (χ2v) is 10.3. The molecular weight excluding hydrogens is 556 g/mol. The molecule has 1 fully saturated rings. The van der Waals surface area contributed by atoms with E-state index in [-0.39, 0.29) is 12.5 Å². The minimum absolute atomic E-state index is 0.222. The number of nitrogens with one attached hydrogen (secondary N) is 1. The van der Waals surface area contributed by atoms with Crippen molar-refractivity contribution < 1.29 is 33.3 Å². The number of hydrogen-bond donors (Lipinski definition) is 3. The summed E-state index contributed by atoms with van der Waals surface area (Å²) in [6.45, 7) is 13.3. The second kappa shape index (κ2) is 26.8. The molecule has 246 valence electrons. The Morgan fingerprint density at radius 2 is 1.47 bits per heavy atom. The fourth-order valence-corrected chi connectivity index (χ4v) is 4.22. The van der Waals surface area contributed by atoms with Crippen LogP contribution in [-0.2, 0) is 4.74 Å². The first-order chi connectivity index (χ1) is 20.5. The number of aliphatic hydroxyl groups is 2. The Kier molecular flexibility index (Phi) is 26.4. The van der Waals surface area contributed by atoms with E-state index in [4.69, 9.17) is 5.11 Å². The predicted octanol–water partition coefficient (Wildman–Crippen LogP) is 4.88. The molecule has 3 rings (SSSR count). The van der Waals surface area contributed by atoms with Crippen LogP contribution in [-0.4, -0.2) is 106 Å². The third kappa shape index (κ3) is 22.4. The Balaban J connectivity index is 0. The third-order valence-electron chi connectivity index (χ3n) is 5.88. The van der Waals surface area contributed by atoms with Gasteiger partial charge in [0, 0.05) is 51.6 Å². The molecule has 2 aromatic rings. The summed E-state index contributed by atoms with van der Waals surface area (Å²) >= 11 is 0. The van der Waals surface area contributed by atoms with E-state index < -0.39 is 17.7 Å². The van der Waals surface area contributed by atoms with Gasteiger partial charge in [0.05, 0.1) is 6.10 Å². The molecule has 0 spiro atoms. The molecular formula is C33H55F2N3O5. The molecule has 1 amide bonds. The maximum atomic E-state index is 12.2. The van der Waals surface area contributed by atoms with E-state index >= 15 is 0 Å². The van der Waals surface area contributed by atoms with E-state index in [0.29, 0.717) is 23.2 Å². The van der Waals surface area contributed by atoms with Gasteiger partial charge in [0.15, 0.2) is 0 Å². The molecule has 43 heavy (non-hydrogen) atoms. The Bertz CT molecular complexity index is 948. The first-order valence-electron chi connectivity index (χ1n) is 14.7. The minimum atomic E-state index is -0.567. The Labute approximate surface area is 258 Å². The zero-order valence-electron chi connectivity index (χ0n) is 27.5. The van der Waals surface area contributed by atoms with Gasteiger partial charge in [0.25, 0.3) is 5.91 Å². The van der Waals surface area contributed by atoms with Gasteiger partial charge in [-0.3, -0.25) is 9.59 Å².